The van der Waals surface area contributed by atoms with Gasteiger partial charge in [0.25, 0.3) is 0 Å². The average molecular weight is 243 g/mol. The Kier molecular flexibility index (Phi) is 4.62. The highest BCUT2D eigenvalue weighted by molar-refractivity contribution is 6.17. The highest BCUT2D eigenvalue weighted by Crippen LogP contribution is 2.26. The molecule has 0 spiro atoms. The van der Waals surface area contributed by atoms with Crippen LogP contribution < -0.4 is 4.74 Å². The van der Waals surface area contributed by atoms with Gasteiger partial charge >= 0.3 is 5.97 Å². The second-order valence-electron chi connectivity index (χ2n) is 3.35. The van der Waals surface area contributed by atoms with Crippen LogP contribution in [0.3, 0.4) is 0 Å². The normalized spacial score (nSPS) is 10.0. The molecule has 0 aliphatic rings. The second-order valence-corrected chi connectivity index (χ2v) is 3.61. The zero-order chi connectivity index (χ0) is 12.1. The molecule has 0 heterocycles. The van der Waals surface area contributed by atoms with Crippen LogP contribution in [0, 0.1) is 6.92 Å². The van der Waals surface area contributed by atoms with Gasteiger partial charge in [-0.3, -0.25) is 0 Å². The first kappa shape index (κ1) is 12.8. The maximum Gasteiger partial charge on any atom is 0.341 e. The SMILES string of the molecule is CCOC(=O)c1cc(CCl)cc(C)c1OC. The number of aryl methyl sites for hydroxylation is 1. The van der Waals surface area contributed by atoms with Crippen LogP contribution in [0.2, 0.25) is 0 Å². The predicted octanol–water partition coefficient (Wildman–Crippen LogP) is 2.92. The summed E-state index contributed by atoms with van der Waals surface area (Å²) in [4.78, 5) is 11.7. The molecule has 0 atom stereocenters. The number of halogens is 1. The molecular weight excluding hydrogens is 228 g/mol. The zero-order valence-electron chi connectivity index (χ0n) is 9.67. The Morgan fingerprint density at radius 3 is 2.62 bits per heavy atom. The lowest BCUT2D eigenvalue weighted by Crippen LogP contribution is -2.08. The molecule has 4 heteroatoms. The molecule has 0 aliphatic carbocycles. The molecule has 0 aromatic heterocycles. The van der Waals surface area contributed by atoms with Crippen molar-refractivity contribution >= 4 is 17.6 Å². The van der Waals surface area contributed by atoms with E-state index in [1.165, 1.54) is 7.11 Å². The lowest BCUT2D eigenvalue weighted by Gasteiger charge is -2.12. The fraction of sp³-hybridized carbons (Fsp3) is 0.417. The van der Waals surface area contributed by atoms with Gasteiger partial charge in [-0.25, -0.2) is 4.79 Å². The van der Waals surface area contributed by atoms with Crippen molar-refractivity contribution in [3.63, 3.8) is 0 Å². The van der Waals surface area contributed by atoms with Crippen molar-refractivity contribution in [3.05, 3.63) is 28.8 Å². The summed E-state index contributed by atoms with van der Waals surface area (Å²) < 4.78 is 10.2. The number of hydrogen-bond acceptors (Lipinski definition) is 3. The van der Waals surface area contributed by atoms with Crippen molar-refractivity contribution in [2.75, 3.05) is 13.7 Å². The lowest BCUT2D eigenvalue weighted by atomic mass is 10.1. The number of ether oxygens (including phenoxy) is 2. The van der Waals surface area contributed by atoms with Gasteiger partial charge < -0.3 is 9.47 Å². The Morgan fingerprint density at radius 1 is 1.44 bits per heavy atom. The van der Waals surface area contributed by atoms with E-state index >= 15 is 0 Å². The summed E-state index contributed by atoms with van der Waals surface area (Å²) in [7, 11) is 1.53. The van der Waals surface area contributed by atoms with E-state index in [1.54, 1.807) is 13.0 Å². The predicted molar refractivity (Wildman–Crippen MR) is 63.2 cm³/mol. The van der Waals surface area contributed by atoms with E-state index in [4.69, 9.17) is 21.1 Å². The summed E-state index contributed by atoms with van der Waals surface area (Å²) in [5.41, 5.74) is 2.19. The maximum atomic E-state index is 11.7. The fourth-order valence-electron chi connectivity index (χ4n) is 1.56. The molecule has 0 saturated heterocycles. The third-order valence-corrected chi connectivity index (χ3v) is 2.50. The Morgan fingerprint density at radius 2 is 2.12 bits per heavy atom. The Hall–Kier alpha value is -1.22. The molecule has 3 nitrogen and oxygen atoms in total. The summed E-state index contributed by atoms with van der Waals surface area (Å²) in [5, 5.41) is 0. The number of methoxy groups -OCH3 is 1. The molecule has 0 amide bonds. The van der Waals surface area contributed by atoms with Crippen LogP contribution in [0.5, 0.6) is 5.75 Å². The van der Waals surface area contributed by atoms with Gasteiger partial charge in [0.15, 0.2) is 0 Å². The number of benzene rings is 1. The van der Waals surface area contributed by atoms with E-state index in [2.05, 4.69) is 0 Å². The number of esters is 1. The molecule has 16 heavy (non-hydrogen) atoms. The van der Waals surface area contributed by atoms with Crippen molar-refractivity contribution in [2.24, 2.45) is 0 Å². The van der Waals surface area contributed by atoms with Crippen molar-refractivity contribution in [1.82, 2.24) is 0 Å². The monoisotopic (exact) mass is 242 g/mol. The van der Waals surface area contributed by atoms with Gasteiger partial charge in [0.2, 0.25) is 0 Å². The van der Waals surface area contributed by atoms with Crippen LogP contribution >= 0.6 is 11.6 Å². The van der Waals surface area contributed by atoms with E-state index in [0.717, 1.165) is 11.1 Å². The standard InChI is InChI=1S/C12H15ClO3/c1-4-16-12(14)10-6-9(7-13)5-8(2)11(10)15-3/h5-6H,4,7H2,1-3H3. The summed E-state index contributed by atoms with van der Waals surface area (Å²) in [6, 6.07) is 3.60. The van der Waals surface area contributed by atoms with Gasteiger partial charge in [0.05, 0.1) is 13.7 Å². The van der Waals surface area contributed by atoms with Crippen LogP contribution in [0.1, 0.15) is 28.4 Å². The molecule has 1 aromatic carbocycles. The number of rotatable bonds is 4. The molecule has 1 aromatic rings. The van der Waals surface area contributed by atoms with E-state index in [-0.39, 0.29) is 5.97 Å². The Bertz CT molecular complexity index is 388. The molecular formula is C12H15ClO3. The minimum Gasteiger partial charge on any atom is -0.496 e. The molecule has 0 saturated carbocycles. The van der Waals surface area contributed by atoms with Gasteiger partial charge in [-0.05, 0) is 31.0 Å². The summed E-state index contributed by atoms with van der Waals surface area (Å²) in [5.74, 6) is 0.527. The van der Waals surface area contributed by atoms with Gasteiger partial charge in [0, 0.05) is 5.88 Å². The third-order valence-electron chi connectivity index (χ3n) is 2.19. The van der Waals surface area contributed by atoms with Crippen LogP contribution in [-0.4, -0.2) is 19.7 Å². The summed E-state index contributed by atoms with van der Waals surface area (Å²) in [6.07, 6.45) is 0. The van der Waals surface area contributed by atoms with Crippen LogP contribution in [-0.2, 0) is 10.6 Å². The van der Waals surface area contributed by atoms with Gasteiger partial charge in [-0.15, -0.1) is 11.6 Å². The van der Waals surface area contributed by atoms with Crippen LogP contribution in [0.4, 0.5) is 0 Å². The minimum atomic E-state index is -0.380. The number of alkyl halides is 1. The molecule has 1 rings (SSSR count). The zero-order valence-corrected chi connectivity index (χ0v) is 10.4. The van der Waals surface area contributed by atoms with Gasteiger partial charge in [-0.1, -0.05) is 6.07 Å². The van der Waals surface area contributed by atoms with Crippen molar-refractivity contribution < 1.29 is 14.3 Å². The highest BCUT2D eigenvalue weighted by atomic mass is 35.5. The molecule has 0 radical (unpaired) electrons. The number of carbonyl (C=O) groups is 1. The highest BCUT2D eigenvalue weighted by Gasteiger charge is 2.16. The topological polar surface area (TPSA) is 35.5 Å². The second kappa shape index (κ2) is 5.75. The van der Waals surface area contributed by atoms with E-state index in [0.29, 0.717) is 23.8 Å². The maximum absolute atomic E-state index is 11.7. The molecule has 88 valence electrons. The first-order valence-corrected chi connectivity index (χ1v) is 5.58. The van der Waals surface area contributed by atoms with E-state index < -0.39 is 0 Å². The minimum absolute atomic E-state index is 0.339. The number of carbonyl (C=O) groups excluding carboxylic acids is 1. The molecule has 0 N–H and O–H groups in total. The van der Waals surface area contributed by atoms with E-state index in [1.807, 2.05) is 13.0 Å². The van der Waals surface area contributed by atoms with Gasteiger partial charge in [0.1, 0.15) is 11.3 Å². The van der Waals surface area contributed by atoms with E-state index in [9.17, 15) is 4.79 Å². The first-order valence-electron chi connectivity index (χ1n) is 5.04. The number of hydrogen-bond donors (Lipinski definition) is 0. The quantitative estimate of drug-likeness (QED) is 0.602. The summed E-state index contributed by atoms with van der Waals surface area (Å²) >= 11 is 5.76. The largest absolute Gasteiger partial charge is 0.496 e. The Balaban J connectivity index is 3.22. The van der Waals surface area contributed by atoms with Crippen molar-refractivity contribution in [1.29, 1.82) is 0 Å². The molecule has 0 unspecified atom stereocenters. The molecule has 0 fully saturated rings. The van der Waals surface area contributed by atoms with Crippen molar-refractivity contribution in [3.8, 4) is 5.75 Å². The van der Waals surface area contributed by atoms with Gasteiger partial charge in [-0.2, -0.15) is 0 Å². The lowest BCUT2D eigenvalue weighted by molar-refractivity contribution is 0.0522. The summed E-state index contributed by atoms with van der Waals surface area (Å²) in [6.45, 7) is 3.98. The van der Waals surface area contributed by atoms with Crippen LogP contribution in [0.15, 0.2) is 12.1 Å². The van der Waals surface area contributed by atoms with Crippen molar-refractivity contribution in [2.45, 2.75) is 19.7 Å². The fourth-order valence-corrected chi connectivity index (χ4v) is 1.71. The van der Waals surface area contributed by atoms with Crippen LogP contribution in [0.25, 0.3) is 0 Å². The Labute approximate surface area is 100 Å². The smallest absolute Gasteiger partial charge is 0.341 e. The average Bonchev–Trinajstić information content (AvgIpc) is 2.28. The molecule has 0 bridgehead atoms. The molecule has 0 aliphatic heterocycles. The first-order chi connectivity index (χ1) is 7.63. The third kappa shape index (κ3) is 2.67.